The number of Topliss-reactive ketones (excluding diaryl/α,β-unsaturated/α-hetero) is 1. The molecule has 0 saturated carbocycles. The Kier molecular flexibility index (Phi) is 1.85. The Morgan fingerprint density at radius 1 is 1.54 bits per heavy atom. The van der Waals surface area contributed by atoms with Gasteiger partial charge in [0.15, 0.2) is 12.1 Å². The second kappa shape index (κ2) is 3.01. The van der Waals surface area contributed by atoms with Crippen LogP contribution in [0.1, 0.15) is 6.42 Å². The molecule has 1 N–H and O–H groups in total. The smallest absolute Gasteiger partial charge is 0.170 e. The minimum atomic E-state index is -0.0883. The summed E-state index contributed by atoms with van der Waals surface area (Å²) in [5.41, 5.74) is 1.31. The normalized spacial score (nSPS) is 25.5. The van der Waals surface area contributed by atoms with Crippen LogP contribution < -0.4 is 5.32 Å². The van der Waals surface area contributed by atoms with Gasteiger partial charge in [0.2, 0.25) is 0 Å². The molecule has 0 radical (unpaired) electrons. The molecule has 0 saturated heterocycles. The first kappa shape index (κ1) is 7.98. The SMILES string of the molecule is O=CC1=CC2NC=CC=C2CC1=O. The van der Waals surface area contributed by atoms with Gasteiger partial charge in [0.05, 0.1) is 11.6 Å². The monoisotopic (exact) mass is 175 g/mol. The van der Waals surface area contributed by atoms with Gasteiger partial charge in [-0.1, -0.05) is 6.08 Å². The van der Waals surface area contributed by atoms with E-state index in [4.69, 9.17) is 0 Å². The van der Waals surface area contributed by atoms with Crippen LogP contribution in [-0.2, 0) is 9.59 Å². The highest BCUT2D eigenvalue weighted by Gasteiger charge is 2.24. The van der Waals surface area contributed by atoms with E-state index < -0.39 is 0 Å². The molecule has 3 heteroatoms. The van der Waals surface area contributed by atoms with Crippen molar-refractivity contribution in [3.8, 4) is 0 Å². The van der Waals surface area contributed by atoms with Crippen molar-refractivity contribution in [3.05, 3.63) is 35.6 Å². The van der Waals surface area contributed by atoms with Gasteiger partial charge in [-0.15, -0.1) is 0 Å². The summed E-state index contributed by atoms with van der Waals surface area (Å²) >= 11 is 0. The summed E-state index contributed by atoms with van der Waals surface area (Å²) in [6.45, 7) is 0. The van der Waals surface area contributed by atoms with E-state index in [0.29, 0.717) is 12.7 Å². The van der Waals surface area contributed by atoms with Crippen LogP contribution in [0.3, 0.4) is 0 Å². The van der Waals surface area contributed by atoms with Crippen molar-refractivity contribution >= 4 is 12.1 Å². The van der Waals surface area contributed by atoms with E-state index in [0.717, 1.165) is 5.57 Å². The summed E-state index contributed by atoms with van der Waals surface area (Å²) in [5.74, 6) is -0.0883. The Bertz CT molecular complexity index is 350. The van der Waals surface area contributed by atoms with Crippen molar-refractivity contribution in [1.29, 1.82) is 0 Å². The predicted molar refractivity (Wildman–Crippen MR) is 47.9 cm³/mol. The number of carbonyl (C=O) groups is 2. The fraction of sp³-hybridized carbons (Fsp3) is 0.200. The van der Waals surface area contributed by atoms with E-state index in [1.165, 1.54) is 0 Å². The van der Waals surface area contributed by atoms with Crippen molar-refractivity contribution in [3.63, 3.8) is 0 Å². The van der Waals surface area contributed by atoms with Gasteiger partial charge >= 0.3 is 0 Å². The first-order chi connectivity index (χ1) is 6.31. The maximum atomic E-state index is 11.3. The third-order valence-corrected chi connectivity index (χ3v) is 2.24. The van der Waals surface area contributed by atoms with Crippen molar-refractivity contribution in [2.45, 2.75) is 12.5 Å². The number of fused-ring (bicyclic) bond motifs is 1. The summed E-state index contributed by atoms with van der Waals surface area (Å²) in [7, 11) is 0. The highest BCUT2D eigenvalue weighted by molar-refractivity contribution is 6.13. The summed E-state index contributed by atoms with van der Waals surface area (Å²) in [6, 6.07) is 0.0305. The van der Waals surface area contributed by atoms with E-state index in [1.54, 1.807) is 6.08 Å². The number of hydrogen-bond acceptors (Lipinski definition) is 3. The second-order valence-corrected chi connectivity index (χ2v) is 3.08. The number of carbonyl (C=O) groups excluding carboxylic acids is 2. The molecule has 0 aromatic rings. The zero-order valence-electron chi connectivity index (χ0n) is 6.99. The van der Waals surface area contributed by atoms with E-state index in [2.05, 4.69) is 5.32 Å². The number of rotatable bonds is 1. The maximum absolute atomic E-state index is 11.3. The predicted octanol–water partition coefficient (Wildman–Crippen LogP) is 0.496. The van der Waals surface area contributed by atoms with Crippen LogP contribution in [0.15, 0.2) is 35.6 Å². The van der Waals surface area contributed by atoms with E-state index >= 15 is 0 Å². The molecule has 0 aromatic heterocycles. The molecule has 1 heterocycles. The third kappa shape index (κ3) is 1.33. The number of ketones is 1. The molecule has 1 unspecified atom stereocenters. The summed E-state index contributed by atoms with van der Waals surface area (Å²) in [5, 5.41) is 3.07. The molecular weight excluding hydrogens is 166 g/mol. The summed E-state index contributed by atoms with van der Waals surface area (Å²) in [6.07, 6.45) is 8.23. The summed E-state index contributed by atoms with van der Waals surface area (Å²) < 4.78 is 0. The van der Waals surface area contributed by atoms with Gasteiger partial charge < -0.3 is 5.32 Å². The van der Waals surface area contributed by atoms with Crippen LogP contribution in [0.2, 0.25) is 0 Å². The van der Waals surface area contributed by atoms with Gasteiger partial charge in [0, 0.05) is 6.42 Å². The van der Waals surface area contributed by atoms with Gasteiger partial charge in [-0.2, -0.15) is 0 Å². The van der Waals surface area contributed by atoms with Gasteiger partial charge in [0.1, 0.15) is 0 Å². The van der Waals surface area contributed by atoms with Crippen molar-refractivity contribution in [2.75, 3.05) is 0 Å². The van der Waals surface area contributed by atoms with Gasteiger partial charge in [-0.25, -0.2) is 0 Å². The zero-order chi connectivity index (χ0) is 9.26. The number of nitrogens with one attached hydrogen (secondary N) is 1. The van der Waals surface area contributed by atoms with Crippen LogP contribution in [0.25, 0.3) is 0 Å². The fourth-order valence-corrected chi connectivity index (χ4v) is 1.53. The van der Waals surface area contributed by atoms with Crippen molar-refractivity contribution in [2.24, 2.45) is 0 Å². The molecule has 2 aliphatic rings. The molecule has 0 aromatic carbocycles. The van der Waals surface area contributed by atoms with Crippen molar-refractivity contribution in [1.82, 2.24) is 5.32 Å². The van der Waals surface area contributed by atoms with Crippen LogP contribution >= 0.6 is 0 Å². The Morgan fingerprint density at radius 2 is 2.38 bits per heavy atom. The molecule has 13 heavy (non-hydrogen) atoms. The molecule has 2 rings (SSSR count). The summed E-state index contributed by atoms with van der Waals surface area (Å²) in [4.78, 5) is 21.8. The first-order valence-electron chi connectivity index (χ1n) is 4.13. The molecule has 66 valence electrons. The Balaban J connectivity index is 2.36. The van der Waals surface area contributed by atoms with Crippen LogP contribution in [0.5, 0.6) is 0 Å². The number of allylic oxidation sites excluding steroid dienone is 3. The van der Waals surface area contributed by atoms with Gasteiger partial charge in [-0.05, 0) is 23.9 Å². The Morgan fingerprint density at radius 3 is 3.15 bits per heavy atom. The Labute approximate surface area is 75.8 Å². The zero-order valence-corrected chi connectivity index (χ0v) is 6.99. The van der Waals surface area contributed by atoms with Crippen molar-refractivity contribution < 1.29 is 9.59 Å². The quantitative estimate of drug-likeness (QED) is 0.466. The largest absolute Gasteiger partial charge is 0.381 e. The lowest BCUT2D eigenvalue weighted by molar-refractivity contribution is -0.117. The molecule has 0 amide bonds. The standard InChI is InChI=1S/C10H9NO2/c12-6-8-4-9-7(5-10(8)13)2-1-3-11-9/h1-4,6,9,11H,5H2. The lowest BCUT2D eigenvalue weighted by Gasteiger charge is -2.24. The number of dihydropyridines is 1. The minimum absolute atomic E-state index is 0.0305. The molecule has 1 aliphatic heterocycles. The molecule has 1 atom stereocenters. The minimum Gasteiger partial charge on any atom is -0.381 e. The molecule has 0 bridgehead atoms. The first-order valence-corrected chi connectivity index (χ1v) is 4.13. The lowest BCUT2D eigenvalue weighted by atomic mass is 9.89. The Hall–Kier alpha value is -1.64. The highest BCUT2D eigenvalue weighted by Crippen LogP contribution is 2.21. The average Bonchev–Trinajstić information content (AvgIpc) is 2.17. The van der Waals surface area contributed by atoms with E-state index in [-0.39, 0.29) is 17.4 Å². The van der Waals surface area contributed by atoms with Crippen LogP contribution in [0, 0.1) is 0 Å². The molecule has 3 nitrogen and oxygen atoms in total. The van der Waals surface area contributed by atoms with Gasteiger partial charge in [0.25, 0.3) is 0 Å². The third-order valence-electron chi connectivity index (χ3n) is 2.24. The highest BCUT2D eigenvalue weighted by atomic mass is 16.1. The van der Waals surface area contributed by atoms with Gasteiger partial charge in [-0.3, -0.25) is 9.59 Å². The average molecular weight is 175 g/mol. The fourth-order valence-electron chi connectivity index (χ4n) is 1.53. The molecular formula is C10H9NO2. The van der Waals surface area contributed by atoms with E-state index in [1.807, 2.05) is 18.4 Å². The molecule has 0 spiro atoms. The number of aldehydes is 1. The maximum Gasteiger partial charge on any atom is 0.170 e. The molecule has 0 fully saturated rings. The second-order valence-electron chi connectivity index (χ2n) is 3.08. The topological polar surface area (TPSA) is 46.2 Å². The number of hydrogen-bond donors (Lipinski definition) is 1. The van der Waals surface area contributed by atoms with E-state index in [9.17, 15) is 9.59 Å². The van der Waals surface area contributed by atoms with Crippen LogP contribution in [-0.4, -0.2) is 18.1 Å². The van der Waals surface area contributed by atoms with Crippen LogP contribution in [0.4, 0.5) is 0 Å². The molecule has 1 aliphatic carbocycles. The lowest BCUT2D eigenvalue weighted by Crippen LogP contribution is -2.32.